The van der Waals surface area contributed by atoms with Crippen LogP contribution < -0.4 is 10.0 Å². The first kappa shape index (κ1) is 27.8. The Hall–Kier alpha value is -1.79. The van der Waals surface area contributed by atoms with Crippen molar-refractivity contribution >= 4 is 57.0 Å². The molecule has 0 saturated heterocycles. The van der Waals surface area contributed by atoms with E-state index in [0.717, 1.165) is 17.5 Å². The Morgan fingerprint density at radius 2 is 1.91 bits per heavy atom. The predicted octanol–water partition coefficient (Wildman–Crippen LogP) is 4.12. The quantitative estimate of drug-likeness (QED) is 0.164. The average Bonchev–Trinajstić information content (AvgIpc) is 3.15. The number of halogens is 1. The molecule has 0 fully saturated rings. The number of pyridine rings is 1. The Morgan fingerprint density at radius 1 is 1.23 bits per heavy atom. The predicted molar refractivity (Wildman–Crippen MR) is 145 cm³/mol. The third-order valence-corrected chi connectivity index (χ3v) is 8.81. The number of carbonyl (C=O) groups is 1. The van der Waals surface area contributed by atoms with E-state index in [1.807, 2.05) is 46.9 Å². The Balaban J connectivity index is 1.88. The van der Waals surface area contributed by atoms with Crippen LogP contribution in [0.15, 0.2) is 34.7 Å². The molecule has 1 unspecified atom stereocenters. The van der Waals surface area contributed by atoms with Gasteiger partial charge < -0.3 is 14.6 Å². The maximum absolute atomic E-state index is 12.7. The summed E-state index contributed by atoms with van der Waals surface area (Å²) in [6.45, 7) is 3.51. The number of fused-ring (bicyclic) bond motifs is 1. The van der Waals surface area contributed by atoms with E-state index in [9.17, 15) is 22.7 Å². The Bertz CT molecular complexity index is 1370. The van der Waals surface area contributed by atoms with Crippen molar-refractivity contribution < 1.29 is 27.1 Å². The van der Waals surface area contributed by atoms with E-state index in [2.05, 4.69) is 21.9 Å². The minimum Gasteiger partial charge on any atom is -0.437 e. The molecule has 0 saturated carbocycles. The first-order chi connectivity index (χ1) is 16.4. The number of carbonyl (C=O) groups excluding carboxylic acids is 1. The van der Waals surface area contributed by atoms with Crippen LogP contribution in [0.25, 0.3) is 22.4 Å². The summed E-state index contributed by atoms with van der Waals surface area (Å²) >= 11 is 2.01. The highest BCUT2D eigenvalue weighted by Crippen LogP contribution is 2.36. The summed E-state index contributed by atoms with van der Waals surface area (Å²) in [5.41, 5.74) is 2.72. The summed E-state index contributed by atoms with van der Waals surface area (Å²) in [7, 11) is -5.25. The van der Waals surface area contributed by atoms with E-state index in [0.29, 0.717) is 38.8 Å². The van der Waals surface area contributed by atoms with Gasteiger partial charge >= 0.3 is 0 Å². The van der Waals surface area contributed by atoms with Crippen LogP contribution in [0.4, 0.5) is 0 Å². The molecule has 1 amide bonds. The second-order valence-corrected chi connectivity index (χ2v) is 13.9. The number of nitrogens with zero attached hydrogens (tertiary/aromatic N) is 1. The fourth-order valence-electron chi connectivity index (χ4n) is 3.57. The van der Waals surface area contributed by atoms with E-state index >= 15 is 0 Å². The van der Waals surface area contributed by atoms with E-state index in [1.165, 1.54) is 13.7 Å². The summed E-state index contributed by atoms with van der Waals surface area (Å²) in [5, 5.41) is 3.14. The van der Waals surface area contributed by atoms with Crippen LogP contribution in [-0.4, -0.2) is 50.6 Å². The van der Waals surface area contributed by atoms with Gasteiger partial charge in [0, 0.05) is 35.6 Å². The molecule has 3 N–H and O–H groups in total. The Labute approximate surface area is 218 Å². The number of aromatic nitrogens is 1. The van der Waals surface area contributed by atoms with Crippen molar-refractivity contribution in [2.24, 2.45) is 0 Å². The summed E-state index contributed by atoms with van der Waals surface area (Å²) in [6, 6.07) is 9.43. The van der Waals surface area contributed by atoms with Crippen LogP contribution in [0.5, 0.6) is 0 Å². The van der Waals surface area contributed by atoms with Crippen molar-refractivity contribution in [3.05, 3.63) is 50.7 Å². The lowest BCUT2D eigenvalue weighted by Crippen LogP contribution is -2.27. The van der Waals surface area contributed by atoms with Gasteiger partial charge in [0.1, 0.15) is 11.5 Å². The number of unbranched alkanes of at least 4 members (excludes halogenated alkanes) is 1. The second kappa shape index (κ2) is 11.5. The van der Waals surface area contributed by atoms with Crippen molar-refractivity contribution in [1.29, 1.82) is 0 Å². The van der Waals surface area contributed by atoms with E-state index < -0.39 is 17.4 Å². The second-order valence-electron chi connectivity index (χ2n) is 8.34. The van der Waals surface area contributed by atoms with Crippen LogP contribution in [-0.2, 0) is 26.8 Å². The van der Waals surface area contributed by atoms with Gasteiger partial charge in [0.05, 0.1) is 16.6 Å². The zero-order valence-corrected chi connectivity index (χ0v) is 23.7. The van der Waals surface area contributed by atoms with Gasteiger partial charge in [-0.2, -0.15) is 0 Å². The molecule has 1 aromatic carbocycles. The lowest BCUT2D eigenvalue weighted by Gasteiger charge is -2.09. The highest BCUT2D eigenvalue weighted by molar-refractivity contribution is 14.1. The fraction of sp³-hybridized carbons (Fsp3) is 0.391. The summed E-state index contributed by atoms with van der Waals surface area (Å²) in [5.74, 6) is -0.303. The molecular formula is C23H29IN3O6PS. The van der Waals surface area contributed by atoms with E-state index in [4.69, 9.17) is 4.42 Å². The summed E-state index contributed by atoms with van der Waals surface area (Å²) in [4.78, 5) is 26.5. The molecule has 0 spiro atoms. The molecule has 35 heavy (non-hydrogen) atoms. The van der Waals surface area contributed by atoms with Gasteiger partial charge in [-0.25, -0.2) is 18.1 Å². The Morgan fingerprint density at radius 3 is 2.51 bits per heavy atom. The monoisotopic (exact) mass is 633 g/mol. The maximum atomic E-state index is 12.7. The number of sulfonamides is 1. The van der Waals surface area contributed by atoms with Crippen molar-refractivity contribution in [1.82, 2.24) is 15.0 Å². The molecule has 190 valence electrons. The van der Waals surface area contributed by atoms with E-state index in [1.54, 1.807) is 6.07 Å². The van der Waals surface area contributed by atoms with Crippen LogP contribution in [0, 0.1) is 3.57 Å². The molecule has 0 aliphatic rings. The third-order valence-electron chi connectivity index (χ3n) is 5.44. The third kappa shape index (κ3) is 7.36. The molecule has 9 nitrogen and oxygen atoms in total. The van der Waals surface area contributed by atoms with Crippen molar-refractivity contribution in [3.63, 3.8) is 0 Å². The van der Waals surface area contributed by atoms with Gasteiger partial charge in [-0.1, -0.05) is 31.2 Å². The van der Waals surface area contributed by atoms with Gasteiger partial charge in [-0.3, -0.25) is 9.36 Å². The first-order valence-corrected chi connectivity index (χ1v) is 16.2. The number of rotatable bonds is 11. The normalized spacial score (nSPS) is 13.6. The maximum Gasteiger partial charge on any atom is 0.255 e. The molecule has 2 heterocycles. The van der Waals surface area contributed by atoms with Crippen LogP contribution in [0.3, 0.4) is 0 Å². The number of benzene rings is 1. The van der Waals surface area contributed by atoms with E-state index in [-0.39, 0.29) is 30.1 Å². The molecule has 12 heteroatoms. The number of hydrogen-bond donors (Lipinski definition) is 3. The van der Waals surface area contributed by atoms with Crippen molar-refractivity contribution in [3.8, 4) is 11.3 Å². The largest absolute Gasteiger partial charge is 0.437 e. The first-order valence-electron chi connectivity index (χ1n) is 11.1. The average molecular weight is 633 g/mol. The van der Waals surface area contributed by atoms with Gasteiger partial charge in [0.25, 0.3) is 5.91 Å². The standard InChI is InChI=1S/C23H29IN3O6PS/c1-4-15-7-9-16(10-8-15)21-20(22(28)25-2)17-13-18(24)19(27-23(17)33-21)14-35(31,32)26-11-5-6-12-34(3,29)30/h7-10,13,26H,4-6,11-12,14H2,1-3H3,(H,25,28)(H,29,30). The van der Waals surface area contributed by atoms with Crippen LogP contribution >= 0.6 is 30.0 Å². The number of aryl methyl sites for hydroxylation is 1. The topological polar surface area (TPSA) is 139 Å². The number of nitrogens with one attached hydrogen (secondary N) is 2. The SMILES string of the molecule is CCc1ccc(-c2oc3nc(CS(=O)(=O)NCCCCP(C)(=O)O)c(I)cc3c2C(=O)NC)cc1. The number of hydrogen-bond acceptors (Lipinski definition) is 6. The molecule has 0 aliphatic carbocycles. The summed E-state index contributed by atoms with van der Waals surface area (Å²) in [6.07, 6.45) is 1.94. The lowest BCUT2D eigenvalue weighted by molar-refractivity contribution is 0.0964. The number of furan rings is 1. The van der Waals surface area contributed by atoms with Crippen LogP contribution in [0.2, 0.25) is 0 Å². The van der Waals surface area contributed by atoms with Crippen molar-refractivity contribution in [2.75, 3.05) is 26.4 Å². The molecule has 0 aliphatic heterocycles. The van der Waals surface area contributed by atoms with Crippen molar-refractivity contribution in [2.45, 2.75) is 31.9 Å². The number of amides is 1. The van der Waals surface area contributed by atoms with Gasteiger partial charge in [0.2, 0.25) is 15.7 Å². The highest BCUT2D eigenvalue weighted by Gasteiger charge is 2.25. The highest BCUT2D eigenvalue weighted by atomic mass is 127. The molecular weight excluding hydrogens is 604 g/mol. The zero-order chi connectivity index (χ0) is 25.8. The lowest BCUT2D eigenvalue weighted by atomic mass is 10.0. The van der Waals surface area contributed by atoms with Crippen LogP contribution in [0.1, 0.15) is 41.4 Å². The smallest absolute Gasteiger partial charge is 0.255 e. The molecule has 3 aromatic rings. The minimum absolute atomic E-state index is 0.153. The minimum atomic E-state index is -3.70. The van der Waals surface area contributed by atoms with Gasteiger partial charge in [-0.05, 0) is 53.5 Å². The Kier molecular flexibility index (Phi) is 9.14. The van der Waals surface area contributed by atoms with Gasteiger partial charge in [-0.15, -0.1) is 0 Å². The molecule has 0 radical (unpaired) electrons. The molecule has 1 atom stereocenters. The molecule has 2 aromatic heterocycles. The van der Waals surface area contributed by atoms with Gasteiger partial charge in [0.15, 0.2) is 7.37 Å². The molecule has 3 rings (SSSR count). The fourth-order valence-corrected chi connectivity index (χ4v) is 6.40. The summed E-state index contributed by atoms with van der Waals surface area (Å²) < 4.78 is 45.6. The zero-order valence-electron chi connectivity index (χ0n) is 19.8. The molecule has 0 bridgehead atoms.